The fourth-order valence-corrected chi connectivity index (χ4v) is 1.99. The van der Waals surface area contributed by atoms with E-state index in [1.165, 1.54) is 0 Å². The molecule has 1 aliphatic rings. The second kappa shape index (κ2) is 5.91. The number of Topliss-reactive ketones (excluding diaryl/α,β-unsaturated/α-hetero) is 1. The highest BCUT2D eigenvalue weighted by Crippen LogP contribution is 2.29. The molecule has 1 fully saturated rings. The summed E-state index contributed by atoms with van der Waals surface area (Å²) >= 11 is 0. The highest BCUT2D eigenvalue weighted by molar-refractivity contribution is 5.79. The lowest BCUT2D eigenvalue weighted by molar-refractivity contribution is -0.120. The molecule has 0 amide bonds. The SMILES string of the molecule is CCCOCc1noc(C2CCC(=O)CC2)n1. The third-order valence-corrected chi connectivity index (χ3v) is 2.96. The van der Waals surface area contributed by atoms with Gasteiger partial charge in [-0.1, -0.05) is 12.1 Å². The van der Waals surface area contributed by atoms with Gasteiger partial charge in [-0.25, -0.2) is 0 Å². The van der Waals surface area contributed by atoms with Gasteiger partial charge in [-0.05, 0) is 19.3 Å². The van der Waals surface area contributed by atoms with E-state index in [4.69, 9.17) is 9.26 Å². The summed E-state index contributed by atoms with van der Waals surface area (Å²) in [7, 11) is 0. The summed E-state index contributed by atoms with van der Waals surface area (Å²) in [6.07, 6.45) is 3.91. The van der Waals surface area contributed by atoms with Gasteiger partial charge in [-0.2, -0.15) is 4.98 Å². The summed E-state index contributed by atoms with van der Waals surface area (Å²) < 4.78 is 10.6. The van der Waals surface area contributed by atoms with Crippen LogP contribution in [0.5, 0.6) is 0 Å². The first-order valence-corrected chi connectivity index (χ1v) is 6.21. The Balaban J connectivity index is 1.87. The monoisotopic (exact) mass is 238 g/mol. The molecule has 0 unspecified atom stereocenters. The zero-order valence-electron chi connectivity index (χ0n) is 10.1. The highest BCUT2D eigenvalue weighted by atomic mass is 16.5. The Morgan fingerprint density at radius 3 is 2.88 bits per heavy atom. The van der Waals surface area contributed by atoms with Crippen LogP contribution in [-0.2, 0) is 16.1 Å². The first kappa shape index (κ1) is 12.2. The van der Waals surface area contributed by atoms with Crippen molar-refractivity contribution in [3.63, 3.8) is 0 Å². The van der Waals surface area contributed by atoms with Crippen LogP contribution in [0.15, 0.2) is 4.52 Å². The van der Waals surface area contributed by atoms with Gasteiger partial charge in [0.2, 0.25) is 5.89 Å². The Hall–Kier alpha value is -1.23. The standard InChI is InChI=1S/C12H18N2O3/c1-2-7-16-8-11-13-12(17-14-11)9-3-5-10(15)6-4-9/h9H,2-8H2,1H3. The van der Waals surface area contributed by atoms with Crippen molar-refractivity contribution in [1.82, 2.24) is 10.1 Å². The second-order valence-electron chi connectivity index (χ2n) is 4.41. The summed E-state index contributed by atoms with van der Waals surface area (Å²) in [5.74, 6) is 1.85. The van der Waals surface area contributed by atoms with E-state index in [2.05, 4.69) is 17.1 Å². The molecule has 0 bridgehead atoms. The summed E-state index contributed by atoms with van der Waals surface area (Å²) in [6, 6.07) is 0. The maximum Gasteiger partial charge on any atom is 0.229 e. The smallest absolute Gasteiger partial charge is 0.229 e. The van der Waals surface area contributed by atoms with Crippen molar-refractivity contribution < 1.29 is 14.1 Å². The van der Waals surface area contributed by atoms with Crippen LogP contribution in [0.4, 0.5) is 0 Å². The van der Waals surface area contributed by atoms with Gasteiger partial charge < -0.3 is 9.26 Å². The topological polar surface area (TPSA) is 65.2 Å². The van der Waals surface area contributed by atoms with Crippen LogP contribution in [0.25, 0.3) is 0 Å². The molecule has 0 N–H and O–H groups in total. The molecule has 0 atom stereocenters. The zero-order valence-corrected chi connectivity index (χ0v) is 10.1. The molecule has 0 radical (unpaired) electrons. The number of nitrogens with zero attached hydrogens (tertiary/aromatic N) is 2. The molecule has 5 heteroatoms. The van der Waals surface area contributed by atoms with Crippen molar-refractivity contribution >= 4 is 5.78 Å². The summed E-state index contributed by atoms with van der Waals surface area (Å²) in [6.45, 7) is 3.17. The van der Waals surface area contributed by atoms with E-state index in [9.17, 15) is 4.79 Å². The first-order chi connectivity index (χ1) is 8.29. The van der Waals surface area contributed by atoms with Crippen molar-refractivity contribution in [2.24, 2.45) is 0 Å². The molecule has 94 valence electrons. The van der Waals surface area contributed by atoms with Crippen LogP contribution >= 0.6 is 0 Å². The number of ether oxygens (including phenoxy) is 1. The fraction of sp³-hybridized carbons (Fsp3) is 0.750. The van der Waals surface area contributed by atoms with Crippen LogP contribution in [0.2, 0.25) is 0 Å². The Morgan fingerprint density at radius 1 is 1.41 bits per heavy atom. The lowest BCUT2D eigenvalue weighted by Gasteiger charge is -2.16. The van der Waals surface area contributed by atoms with E-state index in [1.807, 2.05) is 0 Å². The number of ketones is 1. The summed E-state index contributed by atoms with van der Waals surface area (Å²) in [4.78, 5) is 15.4. The fourth-order valence-electron chi connectivity index (χ4n) is 1.99. The molecular weight excluding hydrogens is 220 g/mol. The van der Waals surface area contributed by atoms with Gasteiger partial charge in [0.25, 0.3) is 0 Å². The van der Waals surface area contributed by atoms with Gasteiger partial charge in [0, 0.05) is 25.4 Å². The summed E-state index contributed by atoms with van der Waals surface area (Å²) in [5, 5.41) is 3.89. The van der Waals surface area contributed by atoms with Gasteiger partial charge in [0.1, 0.15) is 12.4 Å². The molecule has 0 saturated heterocycles. The Morgan fingerprint density at radius 2 is 2.18 bits per heavy atom. The van der Waals surface area contributed by atoms with E-state index in [0.29, 0.717) is 43.6 Å². The number of hydrogen-bond donors (Lipinski definition) is 0. The highest BCUT2D eigenvalue weighted by Gasteiger charge is 2.24. The Bertz CT molecular complexity index is 366. The number of aromatic nitrogens is 2. The minimum atomic E-state index is 0.250. The average Bonchev–Trinajstić information content (AvgIpc) is 2.79. The van der Waals surface area contributed by atoms with Crippen molar-refractivity contribution in [2.45, 2.75) is 51.6 Å². The lowest BCUT2D eigenvalue weighted by atomic mass is 9.88. The minimum Gasteiger partial charge on any atom is -0.373 e. The van der Waals surface area contributed by atoms with Crippen molar-refractivity contribution in [3.8, 4) is 0 Å². The number of carbonyl (C=O) groups is 1. The number of hydrogen-bond acceptors (Lipinski definition) is 5. The predicted molar refractivity (Wildman–Crippen MR) is 60.5 cm³/mol. The van der Waals surface area contributed by atoms with Crippen molar-refractivity contribution in [2.75, 3.05) is 6.61 Å². The molecule has 0 spiro atoms. The maximum absolute atomic E-state index is 11.1. The third-order valence-electron chi connectivity index (χ3n) is 2.96. The van der Waals surface area contributed by atoms with Crippen LogP contribution < -0.4 is 0 Å². The van der Waals surface area contributed by atoms with Gasteiger partial charge in [-0.3, -0.25) is 4.79 Å². The number of rotatable bonds is 5. The maximum atomic E-state index is 11.1. The van der Waals surface area contributed by atoms with Gasteiger partial charge >= 0.3 is 0 Å². The molecule has 1 heterocycles. The minimum absolute atomic E-state index is 0.250. The second-order valence-corrected chi connectivity index (χ2v) is 4.41. The quantitative estimate of drug-likeness (QED) is 0.736. The summed E-state index contributed by atoms with van der Waals surface area (Å²) in [5.41, 5.74) is 0. The molecule has 5 nitrogen and oxygen atoms in total. The van der Waals surface area contributed by atoms with E-state index < -0.39 is 0 Å². The molecular formula is C12H18N2O3. The van der Waals surface area contributed by atoms with E-state index in [0.717, 1.165) is 19.3 Å². The normalized spacial score (nSPS) is 17.6. The lowest BCUT2D eigenvalue weighted by Crippen LogP contribution is -2.12. The average molecular weight is 238 g/mol. The van der Waals surface area contributed by atoms with Crippen LogP contribution in [0.3, 0.4) is 0 Å². The van der Waals surface area contributed by atoms with Gasteiger partial charge in [-0.15, -0.1) is 0 Å². The van der Waals surface area contributed by atoms with Gasteiger partial charge in [0.15, 0.2) is 5.82 Å². The van der Waals surface area contributed by atoms with Crippen molar-refractivity contribution in [3.05, 3.63) is 11.7 Å². The van der Waals surface area contributed by atoms with Crippen LogP contribution in [0, 0.1) is 0 Å². The van der Waals surface area contributed by atoms with E-state index >= 15 is 0 Å². The third kappa shape index (κ3) is 3.36. The molecule has 1 aromatic heterocycles. The van der Waals surface area contributed by atoms with E-state index in [1.54, 1.807) is 0 Å². The molecule has 2 rings (SSSR count). The molecule has 0 aromatic carbocycles. The number of carbonyl (C=O) groups excluding carboxylic acids is 1. The molecule has 1 aliphatic carbocycles. The Kier molecular flexibility index (Phi) is 4.25. The molecule has 1 saturated carbocycles. The van der Waals surface area contributed by atoms with Crippen LogP contribution in [0.1, 0.15) is 56.7 Å². The zero-order chi connectivity index (χ0) is 12.1. The van der Waals surface area contributed by atoms with Crippen LogP contribution in [-0.4, -0.2) is 22.5 Å². The largest absolute Gasteiger partial charge is 0.373 e. The molecule has 1 aromatic rings. The molecule has 17 heavy (non-hydrogen) atoms. The van der Waals surface area contributed by atoms with Gasteiger partial charge in [0.05, 0.1) is 0 Å². The Labute approximate surface area is 101 Å². The van der Waals surface area contributed by atoms with E-state index in [-0.39, 0.29) is 5.92 Å². The molecule has 0 aliphatic heterocycles. The van der Waals surface area contributed by atoms with Crippen molar-refractivity contribution in [1.29, 1.82) is 0 Å². The first-order valence-electron chi connectivity index (χ1n) is 6.21. The predicted octanol–water partition coefficient (Wildman–Crippen LogP) is 2.22.